The second kappa shape index (κ2) is 6.65. The lowest BCUT2D eigenvalue weighted by Gasteiger charge is -2.32. The molecule has 1 aliphatic heterocycles. The van der Waals surface area contributed by atoms with Crippen molar-refractivity contribution in [1.29, 1.82) is 0 Å². The van der Waals surface area contributed by atoms with Crippen LogP contribution in [0.25, 0.3) is 0 Å². The van der Waals surface area contributed by atoms with Crippen LogP contribution in [0, 0.1) is 0 Å². The molecule has 0 unspecified atom stereocenters. The van der Waals surface area contributed by atoms with Gasteiger partial charge >= 0.3 is 7.12 Å². The van der Waals surface area contributed by atoms with Crippen LogP contribution in [0.15, 0.2) is 30.9 Å². The van der Waals surface area contributed by atoms with Crippen LogP contribution in [0.2, 0.25) is 0 Å². The first-order valence-corrected chi connectivity index (χ1v) is 7.74. The zero-order valence-corrected chi connectivity index (χ0v) is 14.4. The molecule has 0 radical (unpaired) electrons. The Kier molecular flexibility index (Phi) is 5.15. The van der Waals surface area contributed by atoms with Gasteiger partial charge in [-0.25, -0.2) is 8.78 Å². The number of rotatable bonds is 5. The second-order valence-electron chi connectivity index (χ2n) is 6.77. The van der Waals surface area contributed by atoms with Gasteiger partial charge in [0.2, 0.25) is 5.91 Å². The van der Waals surface area contributed by atoms with Gasteiger partial charge < -0.3 is 14.6 Å². The van der Waals surface area contributed by atoms with E-state index in [1.807, 2.05) is 27.7 Å². The minimum atomic E-state index is -2.67. The van der Waals surface area contributed by atoms with Gasteiger partial charge in [0.15, 0.2) is 0 Å². The van der Waals surface area contributed by atoms with E-state index >= 15 is 0 Å². The summed E-state index contributed by atoms with van der Waals surface area (Å²) in [4.78, 5) is 11.2. The number of amides is 1. The molecule has 0 aliphatic carbocycles. The summed E-state index contributed by atoms with van der Waals surface area (Å²) in [6.45, 7) is 11.0. The fraction of sp³-hybridized carbons (Fsp3) is 0.471. The number of hydrogen-bond acceptors (Lipinski definition) is 3. The van der Waals surface area contributed by atoms with Gasteiger partial charge in [-0.15, -0.1) is 0 Å². The van der Waals surface area contributed by atoms with Crippen molar-refractivity contribution in [3.05, 3.63) is 42.0 Å². The Balaban J connectivity index is 2.28. The summed E-state index contributed by atoms with van der Waals surface area (Å²) in [5, 5.41) is 2.57. The fourth-order valence-corrected chi connectivity index (χ4v) is 2.37. The lowest BCUT2D eigenvalue weighted by atomic mass is 9.75. The molecule has 7 heteroatoms. The Hall–Kier alpha value is -1.73. The summed E-state index contributed by atoms with van der Waals surface area (Å²) in [5.41, 5.74) is -0.483. The van der Waals surface area contributed by atoms with E-state index in [2.05, 4.69) is 11.9 Å². The van der Waals surface area contributed by atoms with E-state index in [1.165, 1.54) is 6.07 Å². The van der Waals surface area contributed by atoms with Gasteiger partial charge in [0, 0.05) is 12.1 Å². The first kappa shape index (κ1) is 18.6. The lowest BCUT2D eigenvalue weighted by Crippen LogP contribution is -2.41. The summed E-state index contributed by atoms with van der Waals surface area (Å²) in [5.74, 6) is -0.358. The van der Waals surface area contributed by atoms with Crippen molar-refractivity contribution in [3.63, 3.8) is 0 Å². The predicted octanol–water partition coefficient (Wildman–Crippen LogP) is 2.73. The molecule has 1 saturated heterocycles. The molecule has 1 heterocycles. The third-order valence-electron chi connectivity index (χ3n) is 4.55. The molecular formula is C17H22BF2NO3. The number of carbonyl (C=O) groups excluding carboxylic acids is 1. The largest absolute Gasteiger partial charge is 0.495 e. The average molecular weight is 337 g/mol. The number of carbonyl (C=O) groups is 1. The SMILES string of the molecule is C=CC(=O)NCc1ccc(B2OC(C)(C)C(C)(C)O2)c(C(F)F)c1. The van der Waals surface area contributed by atoms with Crippen molar-refractivity contribution in [1.82, 2.24) is 5.32 Å². The molecule has 24 heavy (non-hydrogen) atoms. The Labute approximate surface area is 141 Å². The molecule has 1 amide bonds. The number of benzene rings is 1. The van der Waals surface area contributed by atoms with Crippen LogP contribution >= 0.6 is 0 Å². The lowest BCUT2D eigenvalue weighted by molar-refractivity contribution is -0.116. The van der Waals surface area contributed by atoms with Gasteiger partial charge in [-0.2, -0.15) is 0 Å². The van der Waals surface area contributed by atoms with Crippen LogP contribution in [0.1, 0.15) is 45.2 Å². The molecule has 2 rings (SSSR count). The number of halogens is 2. The first-order valence-electron chi connectivity index (χ1n) is 7.74. The van der Waals surface area contributed by atoms with Crippen LogP contribution in [-0.4, -0.2) is 24.2 Å². The molecule has 0 bridgehead atoms. The third kappa shape index (κ3) is 3.67. The summed E-state index contributed by atoms with van der Waals surface area (Å²) >= 11 is 0. The molecule has 1 aromatic rings. The highest BCUT2D eigenvalue weighted by molar-refractivity contribution is 6.62. The molecular weight excluding hydrogens is 315 g/mol. The van der Waals surface area contributed by atoms with Crippen molar-refractivity contribution < 1.29 is 22.9 Å². The minimum absolute atomic E-state index is 0.147. The Morgan fingerprint density at radius 1 is 1.29 bits per heavy atom. The maximum atomic E-state index is 13.5. The summed E-state index contributed by atoms with van der Waals surface area (Å²) < 4.78 is 38.7. The monoisotopic (exact) mass is 337 g/mol. The van der Waals surface area contributed by atoms with Gasteiger partial charge in [-0.1, -0.05) is 18.7 Å². The molecule has 1 aromatic carbocycles. The van der Waals surface area contributed by atoms with Gasteiger partial charge in [-0.3, -0.25) is 4.79 Å². The average Bonchev–Trinajstić information content (AvgIpc) is 2.72. The summed E-state index contributed by atoms with van der Waals surface area (Å²) in [6.07, 6.45) is -1.54. The highest BCUT2D eigenvalue weighted by Crippen LogP contribution is 2.37. The van der Waals surface area contributed by atoms with Crippen molar-refractivity contribution in [3.8, 4) is 0 Å². The van der Waals surface area contributed by atoms with Crippen molar-refractivity contribution in [2.75, 3.05) is 0 Å². The molecule has 1 fully saturated rings. The van der Waals surface area contributed by atoms with E-state index in [9.17, 15) is 13.6 Å². The van der Waals surface area contributed by atoms with E-state index in [0.29, 0.717) is 11.0 Å². The zero-order valence-electron chi connectivity index (χ0n) is 14.4. The first-order chi connectivity index (χ1) is 11.1. The maximum Gasteiger partial charge on any atom is 0.495 e. The second-order valence-corrected chi connectivity index (χ2v) is 6.77. The van der Waals surface area contributed by atoms with E-state index in [0.717, 1.165) is 6.08 Å². The van der Waals surface area contributed by atoms with E-state index in [-0.39, 0.29) is 18.0 Å². The predicted molar refractivity (Wildman–Crippen MR) is 89.2 cm³/mol. The van der Waals surface area contributed by atoms with Crippen molar-refractivity contribution >= 4 is 18.5 Å². The molecule has 0 aromatic heterocycles. The maximum absolute atomic E-state index is 13.5. The van der Waals surface area contributed by atoms with E-state index < -0.39 is 24.7 Å². The molecule has 0 atom stereocenters. The standard InChI is InChI=1S/C17H22BF2NO3/c1-6-14(22)21-10-11-7-8-13(12(9-11)15(19)20)18-23-16(2,3)17(4,5)24-18/h6-9,15H,1,10H2,2-5H3,(H,21,22). The summed E-state index contributed by atoms with van der Waals surface area (Å²) in [6, 6.07) is 4.61. The number of hydrogen-bond donors (Lipinski definition) is 1. The Morgan fingerprint density at radius 3 is 2.38 bits per heavy atom. The summed E-state index contributed by atoms with van der Waals surface area (Å²) in [7, 11) is -0.851. The van der Waals surface area contributed by atoms with Gasteiger partial charge in [0.25, 0.3) is 6.43 Å². The van der Waals surface area contributed by atoms with Gasteiger partial charge in [0.05, 0.1) is 11.2 Å². The van der Waals surface area contributed by atoms with Gasteiger partial charge in [-0.05, 0) is 50.9 Å². The molecule has 4 nitrogen and oxygen atoms in total. The van der Waals surface area contributed by atoms with Crippen molar-refractivity contribution in [2.45, 2.75) is 51.9 Å². The molecule has 1 aliphatic rings. The van der Waals surface area contributed by atoms with Crippen LogP contribution in [0.5, 0.6) is 0 Å². The quantitative estimate of drug-likeness (QED) is 0.664. The third-order valence-corrected chi connectivity index (χ3v) is 4.55. The zero-order chi connectivity index (χ0) is 18.1. The number of nitrogens with one attached hydrogen (secondary N) is 1. The molecule has 0 spiro atoms. The highest BCUT2D eigenvalue weighted by atomic mass is 19.3. The molecule has 0 saturated carbocycles. The topological polar surface area (TPSA) is 47.6 Å². The number of alkyl halides is 2. The Morgan fingerprint density at radius 2 is 1.88 bits per heavy atom. The Bertz CT molecular complexity index is 631. The van der Waals surface area contributed by atoms with Crippen LogP contribution < -0.4 is 10.8 Å². The van der Waals surface area contributed by atoms with Crippen LogP contribution in [0.4, 0.5) is 8.78 Å². The van der Waals surface area contributed by atoms with Gasteiger partial charge in [0.1, 0.15) is 0 Å². The fourth-order valence-electron chi connectivity index (χ4n) is 2.37. The smallest absolute Gasteiger partial charge is 0.399 e. The molecule has 1 N–H and O–H groups in total. The van der Waals surface area contributed by atoms with Crippen LogP contribution in [0.3, 0.4) is 0 Å². The van der Waals surface area contributed by atoms with E-state index in [1.54, 1.807) is 12.1 Å². The normalized spacial score (nSPS) is 18.7. The molecule has 130 valence electrons. The van der Waals surface area contributed by atoms with Crippen LogP contribution in [-0.2, 0) is 20.6 Å². The highest BCUT2D eigenvalue weighted by Gasteiger charge is 2.52. The minimum Gasteiger partial charge on any atom is -0.399 e. The van der Waals surface area contributed by atoms with Crippen molar-refractivity contribution in [2.24, 2.45) is 0 Å². The van der Waals surface area contributed by atoms with E-state index in [4.69, 9.17) is 9.31 Å².